The van der Waals surface area contributed by atoms with Crippen molar-refractivity contribution in [1.82, 2.24) is 9.13 Å². The molecule has 0 unspecified atom stereocenters. The molecule has 172 valence electrons. The van der Waals surface area contributed by atoms with E-state index in [0.717, 1.165) is 34.1 Å². The van der Waals surface area contributed by atoms with Crippen molar-refractivity contribution in [2.24, 2.45) is 7.05 Å². The first-order valence-electron chi connectivity index (χ1n) is 11.3. The van der Waals surface area contributed by atoms with Crippen LogP contribution in [0.3, 0.4) is 0 Å². The molecule has 2 heterocycles. The predicted octanol–water partition coefficient (Wildman–Crippen LogP) is 5.42. The van der Waals surface area contributed by atoms with Crippen LogP contribution in [-0.4, -0.2) is 28.7 Å². The van der Waals surface area contributed by atoms with Crippen LogP contribution in [0.2, 0.25) is 0 Å². The number of benzene rings is 2. The molecule has 6 heteroatoms. The minimum atomic E-state index is -3.44. The molecule has 1 atom stereocenters. The summed E-state index contributed by atoms with van der Waals surface area (Å²) in [5.41, 5.74) is 4.03. The normalized spacial score (nSPS) is 12.8. The zero-order valence-corrected chi connectivity index (χ0v) is 20.2. The van der Waals surface area contributed by atoms with Gasteiger partial charge in [-0.2, -0.15) is 0 Å². The van der Waals surface area contributed by atoms with Crippen LogP contribution in [0.4, 0.5) is 0 Å². The SMILES string of the molecule is CCC[C@H](Cc1ccc2c(c1)c(Cc1cccn1C)cn2C(C)=O)S(=O)(=O)c1ccccc1. The average molecular weight is 463 g/mol. The average Bonchev–Trinajstić information content (AvgIpc) is 3.37. The number of fused-ring (bicyclic) bond motifs is 1. The Morgan fingerprint density at radius 2 is 1.79 bits per heavy atom. The number of hydrogen-bond donors (Lipinski definition) is 0. The van der Waals surface area contributed by atoms with Crippen LogP contribution in [0.5, 0.6) is 0 Å². The highest BCUT2D eigenvalue weighted by Gasteiger charge is 2.27. The molecule has 0 amide bonds. The standard InChI is InChI=1S/C27H30N2O3S/c1-4-9-25(33(31,32)24-11-6-5-7-12-24)16-21-13-14-27-26(17-21)22(19-29(27)20(2)30)18-23-10-8-15-28(23)3/h5-8,10-15,17,19,25H,4,9,16,18H2,1-3H3/t25-/m1/s1. The highest BCUT2D eigenvalue weighted by molar-refractivity contribution is 7.92. The molecule has 5 nitrogen and oxygen atoms in total. The number of aromatic nitrogens is 2. The maximum Gasteiger partial charge on any atom is 0.227 e. The Morgan fingerprint density at radius 3 is 2.42 bits per heavy atom. The van der Waals surface area contributed by atoms with E-state index in [1.165, 1.54) is 0 Å². The van der Waals surface area contributed by atoms with Crippen LogP contribution in [-0.2, 0) is 29.7 Å². The molecule has 2 aromatic carbocycles. The third kappa shape index (κ3) is 4.67. The molecular weight excluding hydrogens is 432 g/mol. The lowest BCUT2D eigenvalue weighted by Crippen LogP contribution is -2.24. The van der Waals surface area contributed by atoms with E-state index in [9.17, 15) is 13.2 Å². The molecular formula is C27H30N2O3S. The van der Waals surface area contributed by atoms with Crippen LogP contribution in [0.15, 0.2) is 78.0 Å². The second kappa shape index (κ2) is 9.40. The molecule has 0 aliphatic heterocycles. The number of hydrogen-bond acceptors (Lipinski definition) is 3. The van der Waals surface area contributed by atoms with Crippen LogP contribution in [0, 0.1) is 0 Å². The molecule has 0 fully saturated rings. The molecule has 0 aliphatic rings. The van der Waals surface area contributed by atoms with Crippen molar-refractivity contribution in [2.75, 3.05) is 0 Å². The summed E-state index contributed by atoms with van der Waals surface area (Å²) in [4.78, 5) is 12.6. The molecule has 0 N–H and O–H groups in total. The van der Waals surface area contributed by atoms with E-state index in [1.54, 1.807) is 35.8 Å². The first kappa shape index (κ1) is 23.1. The largest absolute Gasteiger partial charge is 0.354 e. The van der Waals surface area contributed by atoms with Gasteiger partial charge >= 0.3 is 0 Å². The van der Waals surface area contributed by atoms with E-state index >= 15 is 0 Å². The fraction of sp³-hybridized carbons (Fsp3) is 0.296. The van der Waals surface area contributed by atoms with E-state index in [2.05, 4.69) is 16.7 Å². The summed E-state index contributed by atoms with van der Waals surface area (Å²) in [7, 11) is -1.43. The Labute approximate surface area is 195 Å². The Bertz CT molecular complexity index is 1380. The molecule has 0 radical (unpaired) electrons. The summed E-state index contributed by atoms with van der Waals surface area (Å²) in [6.45, 7) is 3.57. The van der Waals surface area contributed by atoms with Crippen LogP contribution in [0.25, 0.3) is 10.9 Å². The molecule has 0 saturated heterocycles. The van der Waals surface area contributed by atoms with Gasteiger partial charge in [-0.15, -0.1) is 0 Å². The van der Waals surface area contributed by atoms with Crippen molar-refractivity contribution in [1.29, 1.82) is 0 Å². The fourth-order valence-corrected chi connectivity index (χ4v) is 6.38. The zero-order chi connectivity index (χ0) is 23.6. The van der Waals surface area contributed by atoms with Gasteiger partial charge in [-0.05, 0) is 60.4 Å². The van der Waals surface area contributed by atoms with Gasteiger partial charge in [0.1, 0.15) is 0 Å². The van der Waals surface area contributed by atoms with E-state index in [0.29, 0.717) is 24.2 Å². The van der Waals surface area contributed by atoms with E-state index in [-0.39, 0.29) is 5.91 Å². The highest BCUT2D eigenvalue weighted by atomic mass is 32.2. The van der Waals surface area contributed by atoms with Gasteiger partial charge in [0.25, 0.3) is 0 Å². The van der Waals surface area contributed by atoms with E-state index in [1.807, 2.05) is 50.6 Å². The number of aryl methyl sites for hydroxylation is 1. The van der Waals surface area contributed by atoms with Gasteiger partial charge in [-0.25, -0.2) is 8.42 Å². The predicted molar refractivity (Wildman–Crippen MR) is 132 cm³/mol. The van der Waals surface area contributed by atoms with Gasteiger partial charge in [0.05, 0.1) is 15.7 Å². The molecule has 0 spiro atoms. The van der Waals surface area contributed by atoms with Gasteiger partial charge in [0.2, 0.25) is 5.91 Å². The number of carbonyl (C=O) groups is 1. The van der Waals surface area contributed by atoms with Gasteiger partial charge in [0, 0.05) is 43.9 Å². The van der Waals surface area contributed by atoms with Crippen molar-refractivity contribution < 1.29 is 13.2 Å². The first-order chi connectivity index (χ1) is 15.8. The summed E-state index contributed by atoms with van der Waals surface area (Å²) in [6.07, 6.45) is 6.45. The van der Waals surface area contributed by atoms with Crippen LogP contribution >= 0.6 is 0 Å². The maximum atomic E-state index is 13.3. The van der Waals surface area contributed by atoms with Crippen molar-refractivity contribution >= 4 is 26.6 Å². The van der Waals surface area contributed by atoms with E-state index in [4.69, 9.17) is 0 Å². The topological polar surface area (TPSA) is 61.1 Å². The Kier molecular flexibility index (Phi) is 6.56. The molecule has 4 aromatic rings. The van der Waals surface area contributed by atoms with E-state index < -0.39 is 15.1 Å². The number of carbonyl (C=O) groups excluding carboxylic acids is 1. The second-order valence-corrected chi connectivity index (χ2v) is 10.9. The molecule has 4 rings (SSSR count). The maximum absolute atomic E-state index is 13.3. The summed E-state index contributed by atoms with van der Waals surface area (Å²) in [6, 6.07) is 18.8. The lowest BCUT2D eigenvalue weighted by atomic mass is 10.0. The minimum absolute atomic E-state index is 0.0404. The van der Waals surface area contributed by atoms with Crippen LogP contribution < -0.4 is 0 Å². The van der Waals surface area contributed by atoms with Gasteiger partial charge < -0.3 is 4.57 Å². The molecule has 33 heavy (non-hydrogen) atoms. The molecule has 0 aliphatic carbocycles. The molecule has 0 saturated carbocycles. The van der Waals surface area contributed by atoms with Crippen molar-refractivity contribution in [3.05, 3.63) is 89.9 Å². The van der Waals surface area contributed by atoms with Gasteiger partial charge in [-0.1, -0.05) is 37.6 Å². The summed E-state index contributed by atoms with van der Waals surface area (Å²) in [5, 5.41) is 0.504. The third-order valence-electron chi connectivity index (χ3n) is 6.30. The molecule has 0 bridgehead atoms. The Morgan fingerprint density at radius 1 is 1.03 bits per heavy atom. The third-order valence-corrected chi connectivity index (χ3v) is 8.51. The number of sulfone groups is 1. The Hall–Kier alpha value is -3.12. The molecule has 2 aromatic heterocycles. The fourth-order valence-electron chi connectivity index (χ4n) is 4.50. The highest BCUT2D eigenvalue weighted by Crippen LogP contribution is 2.28. The second-order valence-electron chi connectivity index (χ2n) is 8.65. The summed E-state index contributed by atoms with van der Waals surface area (Å²) in [5.74, 6) is -0.0404. The Balaban J connectivity index is 1.73. The number of rotatable bonds is 8. The monoisotopic (exact) mass is 462 g/mol. The lowest BCUT2D eigenvalue weighted by molar-refractivity contribution is 0.0941. The van der Waals surface area contributed by atoms with Crippen LogP contribution in [0.1, 0.15) is 48.3 Å². The van der Waals surface area contributed by atoms with Gasteiger partial charge in [-0.3, -0.25) is 9.36 Å². The lowest BCUT2D eigenvalue weighted by Gasteiger charge is -2.17. The van der Waals surface area contributed by atoms with Crippen molar-refractivity contribution in [2.45, 2.75) is 49.7 Å². The zero-order valence-electron chi connectivity index (χ0n) is 19.4. The summed E-state index contributed by atoms with van der Waals surface area (Å²) >= 11 is 0. The first-order valence-corrected chi connectivity index (χ1v) is 12.9. The van der Waals surface area contributed by atoms with Crippen molar-refractivity contribution in [3.8, 4) is 0 Å². The summed E-state index contributed by atoms with van der Waals surface area (Å²) < 4.78 is 30.5. The minimum Gasteiger partial charge on any atom is -0.354 e. The van der Waals surface area contributed by atoms with Gasteiger partial charge in [0.15, 0.2) is 9.84 Å². The smallest absolute Gasteiger partial charge is 0.227 e. The van der Waals surface area contributed by atoms with Crippen molar-refractivity contribution in [3.63, 3.8) is 0 Å². The number of nitrogens with zero attached hydrogens (tertiary/aromatic N) is 2. The quantitative estimate of drug-likeness (QED) is 0.351.